The Bertz CT molecular complexity index is 1030. The molecule has 132 valence electrons. The van der Waals surface area contributed by atoms with Crippen LogP contribution in [0, 0.1) is 11.3 Å². The van der Waals surface area contributed by atoms with Crippen molar-refractivity contribution in [2.45, 2.75) is 26.4 Å². The minimum absolute atomic E-state index is 0.431. The zero-order valence-electron chi connectivity index (χ0n) is 14.5. The Morgan fingerprint density at radius 2 is 2.08 bits per heavy atom. The van der Waals surface area contributed by atoms with Gasteiger partial charge in [-0.3, -0.25) is 5.32 Å². The molecule has 2 aromatic carbocycles. The fourth-order valence-corrected chi connectivity index (χ4v) is 3.73. The Morgan fingerprint density at radius 3 is 2.73 bits per heavy atom. The van der Waals surface area contributed by atoms with Crippen molar-refractivity contribution >= 4 is 48.7 Å². The van der Waals surface area contributed by atoms with E-state index in [0.717, 1.165) is 25.8 Å². The van der Waals surface area contributed by atoms with Crippen molar-refractivity contribution in [3.63, 3.8) is 0 Å². The van der Waals surface area contributed by atoms with Crippen molar-refractivity contribution in [1.29, 1.82) is 5.26 Å². The van der Waals surface area contributed by atoms with E-state index in [2.05, 4.69) is 32.3 Å². The van der Waals surface area contributed by atoms with Gasteiger partial charge in [-0.1, -0.05) is 39.4 Å². The Hall–Kier alpha value is -2.43. The number of benzene rings is 2. The summed E-state index contributed by atoms with van der Waals surface area (Å²) in [5.41, 5.74) is 2.47. The van der Waals surface area contributed by atoms with Gasteiger partial charge in [0, 0.05) is 10.0 Å². The van der Waals surface area contributed by atoms with Crippen LogP contribution in [0.5, 0.6) is 0 Å². The first kappa shape index (κ1) is 18.4. The number of nitrogens with one attached hydrogen (secondary N) is 1. The molecule has 1 N–H and O–H groups in total. The minimum atomic E-state index is -0.587. The number of hydrogen-bond acceptors (Lipinski definition) is 5. The average molecular weight is 430 g/mol. The number of amides is 1. The molecule has 5 nitrogen and oxygen atoms in total. The molecule has 3 aromatic rings. The molecule has 0 saturated heterocycles. The number of thiazole rings is 1. The van der Waals surface area contributed by atoms with Crippen molar-refractivity contribution in [3.05, 3.63) is 46.4 Å². The van der Waals surface area contributed by atoms with Gasteiger partial charge in [-0.25, -0.2) is 9.78 Å². The molecule has 1 amide bonds. The minimum Gasteiger partial charge on any atom is -0.444 e. The van der Waals surface area contributed by atoms with E-state index in [9.17, 15) is 10.1 Å². The second-order valence-corrected chi connectivity index (χ2v) is 8.58. The van der Waals surface area contributed by atoms with Crippen molar-refractivity contribution in [1.82, 2.24) is 4.98 Å². The monoisotopic (exact) mass is 429 g/mol. The second-order valence-electron chi connectivity index (χ2n) is 6.64. The van der Waals surface area contributed by atoms with Crippen LogP contribution in [-0.2, 0) is 4.74 Å². The van der Waals surface area contributed by atoms with E-state index < -0.39 is 11.7 Å². The Labute approximate surface area is 163 Å². The van der Waals surface area contributed by atoms with Gasteiger partial charge < -0.3 is 4.74 Å². The molecule has 0 aliphatic rings. The molecule has 0 aliphatic carbocycles. The highest BCUT2D eigenvalue weighted by Crippen LogP contribution is 2.36. The van der Waals surface area contributed by atoms with Crippen molar-refractivity contribution in [2.75, 3.05) is 5.32 Å². The van der Waals surface area contributed by atoms with Crippen LogP contribution >= 0.6 is 27.3 Å². The lowest BCUT2D eigenvalue weighted by molar-refractivity contribution is 0.0636. The average Bonchev–Trinajstić information content (AvgIpc) is 2.93. The predicted molar refractivity (Wildman–Crippen MR) is 107 cm³/mol. The Balaban J connectivity index is 2.05. The number of aromatic nitrogens is 1. The first-order chi connectivity index (χ1) is 12.2. The second kappa shape index (κ2) is 7.06. The number of ether oxygens (including phenoxy) is 1. The smallest absolute Gasteiger partial charge is 0.413 e. The van der Waals surface area contributed by atoms with Crippen LogP contribution in [0.15, 0.2) is 40.9 Å². The van der Waals surface area contributed by atoms with Crippen LogP contribution in [0.2, 0.25) is 0 Å². The molecule has 0 spiro atoms. The number of rotatable bonds is 2. The number of carbonyl (C=O) groups excluding carboxylic acids is 1. The molecule has 0 bridgehead atoms. The van der Waals surface area contributed by atoms with Crippen LogP contribution in [0.25, 0.3) is 21.3 Å². The summed E-state index contributed by atoms with van der Waals surface area (Å²) in [5, 5.41) is 12.4. The van der Waals surface area contributed by atoms with E-state index in [4.69, 9.17) is 4.74 Å². The topological polar surface area (TPSA) is 75.0 Å². The number of nitriles is 1. The van der Waals surface area contributed by atoms with Crippen LogP contribution in [-0.4, -0.2) is 16.7 Å². The number of nitrogens with zero attached hydrogens (tertiary/aromatic N) is 2. The summed E-state index contributed by atoms with van der Waals surface area (Å²) >= 11 is 4.78. The van der Waals surface area contributed by atoms with E-state index >= 15 is 0 Å². The number of hydrogen-bond donors (Lipinski definition) is 1. The van der Waals surface area contributed by atoms with Gasteiger partial charge in [-0.15, -0.1) is 0 Å². The molecule has 0 aliphatic heterocycles. The highest BCUT2D eigenvalue weighted by atomic mass is 79.9. The van der Waals surface area contributed by atoms with E-state index in [0.29, 0.717) is 10.7 Å². The molecule has 1 aromatic heterocycles. The lowest BCUT2D eigenvalue weighted by Gasteiger charge is -2.18. The number of fused-ring (bicyclic) bond motifs is 1. The fraction of sp³-hybridized carbons (Fsp3) is 0.211. The molecule has 1 heterocycles. The summed E-state index contributed by atoms with van der Waals surface area (Å²) in [5.74, 6) is 0. The van der Waals surface area contributed by atoms with Gasteiger partial charge in [0.2, 0.25) is 0 Å². The lowest BCUT2D eigenvalue weighted by Crippen LogP contribution is -2.27. The lowest BCUT2D eigenvalue weighted by atomic mass is 10.0. The summed E-state index contributed by atoms with van der Waals surface area (Å²) < 4.78 is 7.03. The van der Waals surface area contributed by atoms with Gasteiger partial charge >= 0.3 is 6.09 Å². The Morgan fingerprint density at radius 1 is 1.31 bits per heavy atom. The zero-order valence-corrected chi connectivity index (χ0v) is 16.9. The van der Waals surface area contributed by atoms with E-state index in [-0.39, 0.29) is 0 Å². The number of anilines is 1. The molecule has 3 rings (SSSR count). The third kappa shape index (κ3) is 4.21. The number of carbonyl (C=O) groups is 1. The molecule has 0 saturated carbocycles. The molecule has 0 unspecified atom stereocenters. The first-order valence-corrected chi connectivity index (χ1v) is 9.47. The van der Waals surface area contributed by atoms with Gasteiger partial charge in [0.1, 0.15) is 5.60 Å². The number of halogens is 1. The zero-order chi connectivity index (χ0) is 18.9. The highest BCUT2D eigenvalue weighted by molar-refractivity contribution is 9.10. The summed E-state index contributed by atoms with van der Waals surface area (Å²) in [6.45, 7) is 5.40. The Kier molecular flexibility index (Phi) is 4.99. The van der Waals surface area contributed by atoms with Crippen molar-refractivity contribution in [2.24, 2.45) is 0 Å². The largest absolute Gasteiger partial charge is 0.444 e. The van der Waals surface area contributed by atoms with Gasteiger partial charge in [0.05, 0.1) is 21.8 Å². The summed E-state index contributed by atoms with van der Waals surface area (Å²) in [6, 6.07) is 13.6. The molecule has 0 atom stereocenters. The first-order valence-electron chi connectivity index (χ1n) is 7.86. The van der Waals surface area contributed by atoms with Gasteiger partial charge in [-0.05, 0) is 50.6 Å². The molecular formula is C19H16BrN3O2S. The van der Waals surface area contributed by atoms with Crippen LogP contribution in [0.1, 0.15) is 26.3 Å². The summed E-state index contributed by atoms with van der Waals surface area (Å²) in [7, 11) is 0. The molecule has 7 heteroatoms. The van der Waals surface area contributed by atoms with Gasteiger partial charge in [0.15, 0.2) is 5.13 Å². The van der Waals surface area contributed by atoms with Gasteiger partial charge in [-0.2, -0.15) is 5.26 Å². The van der Waals surface area contributed by atoms with Crippen LogP contribution in [0.4, 0.5) is 9.93 Å². The maximum absolute atomic E-state index is 12.0. The maximum Gasteiger partial charge on any atom is 0.413 e. The normalized spacial score (nSPS) is 11.2. The molecule has 0 radical (unpaired) electrons. The van der Waals surface area contributed by atoms with E-state index in [1.807, 2.05) is 24.3 Å². The molecule has 0 fully saturated rings. The van der Waals surface area contributed by atoms with E-state index in [1.54, 1.807) is 32.9 Å². The van der Waals surface area contributed by atoms with Gasteiger partial charge in [0.25, 0.3) is 0 Å². The van der Waals surface area contributed by atoms with E-state index in [1.165, 1.54) is 11.3 Å². The fourth-order valence-electron chi connectivity index (χ4n) is 2.41. The summed E-state index contributed by atoms with van der Waals surface area (Å²) in [4.78, 5) is 16.5. The SMILES string of the molecule is CC(C)(C)OC(=O)Nc1nc2c(-c3cccc(Br)c3)cc(C#N)cc2s1. The van der Waals surface area contributed by atoms with Crippen molar-refractivity contribution in [3.8, 4) is 17.2 Å². The van der Waals surface area contributed by atoms with Crippen molar-refractivity contribution < 1.29 is 9.53 Å². The highest BCUT2D eigenvalue weighted by Gasteiger charge is 2.18. The maximum atomic E-state index is 12.0. The molecule has 26 heavy (non-hydrogen) atoms. The third-order valence-electron chi connectivity index (χ3n) is 3.37. The molecular weight excluding hydrogens is 414 g/mol. The predicted octanol–water partition coefficient (Wildman–Crippen LogP) is 5.94. The van der Waals surface area contributed by atoms with Crippen LogP contribution in [0.3, 0.4) is 0 Å². The van der Waals surface area contributed by atoms with Crippen LogP contribution < -0.4 is 5.32 Å². The third-order valence-corrected chi connectivity index (χ3v) is 4.78. The summed E-state index contributed by atoms with van der Waals surface area (Å²) in [6.07, 6.45) is -0.555. The quantitative estimate of drug-likeness (QED) is 0.546. The standard InChI is InChI=1S/C19H16BrN3O2S/c1-19(2,3)25-18(24)23-17-22-16-14(12-5-4-6-13(20)9-12)7-11(10-21)8-15(16)26-17/h4-9H,1-3H3,(H,22,23,24).